The van der Waals surface area contributed by atoms with Gasteiger partial charge < -0.3 is 14.5 Å². The normalized spacial score (nSPS) is 15.2. The smallest absolute Gasteiger partial charge is 0.270 e. The standard InChI is InChI=1S/C24H24N4O2/c1-26-21(15-19-22(26)18-9-5-6-10-20(18)25-23(19)29)24(30)28-13-11-27(12-14-28)16-17-7-3-2-4-8-17/h2-10,15H,11-14,16H2,1H3,(H,25,29). The number of H-pyrrole nitrogens is 1. The second-order valence-electron chi connectivity index (χ2n) is 7.90. The lowest BCUT2D eigenvalue weighted by atomic mass is 10.1. The maximum Gasteiger partial charge on any atom is 0.270 e. The van der Waals surface area contributed by atoms with Crippen molar-refractivity contribution in [1.82, 2.24) is 19.4 Å². The fourth-order valence-corrected chi connectivity index (χ4v) is 4.41. The Hall–Kier alpha value is -3.38. The van der Waals surface area contributed by atoms with Crippen LogP contribution in [0.25, 0.3) is 21.8 Å². The molecular formula is C24H24N4O2. The first-order valence-electron chi connectivity index (χ1n) is 10.3. The number of aryl methyl sites for hydroxylation is 1. The van der Waals surface area contributed by atoms with E-state index in [1.165, 1.54) is 5.56 Å². The Kier molecular flexibility index (Phi) is 4.64. The van der Waals surface area contributed by atoms with Crippen molar-refractivity contribution in [3.8, 4) is 0 Å². The lowest BCUT2D eigenvalue weighted by Crippen LogP contribution is -2.48. The van der Waals surface area contributed by atoms with Crippen LogP contribution in [0.3, 0.4) is 0 Å². The van der Waals surface area contributed by atoms with Crippen LogP contribution in [-0.4, -0.2) is 51.4 Å². The average Bonchev–Trinajstić information content (AvgIpc) is 3.13. The molecule has 0 unspecified atom stereocenters. The molecule has 0 spiro atoms. The molecule has 3 heterocycles. The van der Waals surface area contributed by atoms with E-state index >= 15 is 0 Å². The van der Waals surface area contributed by atoms with Crippen molar-refractivity contribution in [2.75, 3.05) is 26.2 Å². The third-order valence-electron chi connectivity index (χ3n) is 6.04. The van der Waals surface area contributed by atoms with E-state index in [4.69, 9.17) is 0 Å². The van der Waals surface area contributed by atoms with Crippen molar-refractivity contribution in [3.63, 3.8) is 0 Å². The molecule has 1 saturated heterocycles. The van der Waals surface area contributed by atoms with Gasteiger partial charge in [-0.3, -0.25) is 14.5 Å². The quantitative estimate of drug-likeness (QED) is 0.575. The summed E-state index contributed by atoms with van der Waals surface area (Å²) in [5.74, 6) is -0.0171. The van der Waals surface area contributed by atoms with Gasteiger partial charge in [-0.25, -0.2) is 0 Å². The number of aromatic nitrogens is 2. The van der Waals surface area contributed by atoms with Crippen molar-refractivity contribution >= 4 is 27.7 Å². The summed E-state index contributed by atoms with van der Waals surface area (Å²) in [4.78, 5) is 33.0. The molecule has 1 fully saturated rings. The van der Waals surface area contributed by atoms with Crippen LogP contribution in [0.4, 0.5) is 0 Å². The molecule has 0 aliphatic carbocycles. The van der Waals surface area contributed by atoms with Crippen LogP contribution in [0.2, 0.25) is 0 Å². The summed E-state index contributed by atoms with van der Waals surface area (Å²) < 4.78 is 1.87. The minimum atomic E-state index is -0.161. The van der Waals surface area contributed by atoms with Crippen LogP contribution in [0, 0.1) is 0 Å². The van der Waals surface area contributed by atoms with Gasteiger partial charge in [0.1, 0.15) is 5.69 Å². The molecule has 1 N–H and O–H groups in total. The van der Waals surface area contributed by atoms with Crippen LogP contribution in [-0.2, 0) is 13.6 Å². The number of pyridine rings is 1. The summed E-state index contributed by atoms with van der Waals surface area (Å²) in [6.45, 7) is 3.95. The maximum atomic E-state index is 13.3. The predicted octanol–water partition coefficient (Wildman–Crippen LogP) is 2.98. The minimum absolute atomic E-state index is 0.0171. The molecule has 0 saturated carbocycles. The van der Waals surface area contributed by atoms with Crippen LogP contribution in [0.15, 0.2) is 65.5 Å². The van der Waals surface area contributed by atoms with Crippen LogP contribution < -0.4 is 5.56 Å². The van der Waals surface area contributed by atoms with E-state index in [-0.39, 0.29) is 11.5 Å². The Balaban J connectivity index is 1.39. The Morgan fingerprint density at radius 2 is 1.63 bits per heavy atom. The molecule has 0 atom stereocenters. The van der Waals surface area contributed by atoms with Gasteiger partial charge in [0.05, 0.1) is 16.4 Å². The number of carbonyl (C=O) groups excluding carboxylic acids is 1. The molecule has 1 amide bonds. The maximum absolute atomic E-state index is 13.3. The van der Waals surface area contributed by atoms with E-state index in [0.717, 1.165) is 36.1 Å². The number of nitrogens with zero attached hydrogens (tertiary/aromatic N) is 3. The zero-order chi connectivity index (χ0) is 20.7. The van der Waals surface area contributed by atoms with Gasteiger partial charge in [-0.1, -0.05) is 48.5 Å². The molecule has 0 bridgehead atoms. The Morgan fingerprint density at radius 1 is 0.933 bits per heavy atom. The molecule has 1 aliphatic heterocycles. The van der Waals surface area contributed by atoms with E-state index in [2.05, 4.69) is 34.1 Å². The third kappa shape index (κ3) is 3.19. The van der Waals surface area contributed by atoms with Crippen LogP contribution in [0.5, 0.6) is 0 Å². The second-order valence-corrected chi connectivity index (χ2v) is 7.90. The number of rotatable bonds is 3. The fourth-order valence-electron chi connectivity index (χ4n) is 4.41. The van der Waals surface area contributed by atoms with E-state index in [1.807, 2.05) is 46.8 Å². The molecule has 152 valence electrons. The van der Waals surface area contributed by atoms with Gasteiger partial charge in [-0.05, 0) is 17.7 Å². The van der Waals surface area contributed by atoms with Crippen LogP contribution in [0.1, 0.15) is 16.1 Å². The zero-order valence-corrected chi connectivity index (χ0v) is 17.0. The first-order valence-corrected chi connectivity index (χ1v) is 10.3. The molecule has 4 aromatic rings. The number of amides is 1. The second kappa shape index (κ2) is 7.46. The van der Waals surface area contributed by atoms with Crippen molar-refractivity contribution in [1.29, 1.82) is 0 Å². The van der Waals surface area contributed by atoms with Crippen molar-refractivity contribution in [3.05, 3.63) is 82.3 Å². The van der Waals surface area contributed by atoms with Crippen LogP contribution >= 0.6 is 0 Å². The Morgan fingerprint density at radius 3 is 2.40 bits per heavy atom. The zero-order valence-electron chi connectivity index (χ0n) is 17.0. The first-order chi connectivity index (χ1) is 14.6. The number of benzene rings is 2. The highest BCUT2D eigenvalue weighted by Gasteiger charge is 2.25. The third-order valence-corrected chi connectivity index (χ3v) is 6.04. The highest BCUT2D eigenvalue weighted by atomic mass is 16.2. The molecule has 30 heavy (non-hydrogen) atoms. The summed E-state index contributed by atoms with van der Waals surface area (Å²) in [5, 5.41) is 1.50. The first kappa shape index (κ1) is 18.6. The fraction of sp³-hybridized carbons (Fsp3) is 0.250. The average molecular weight is 400 g/mol. The topological polar surface area (TPSA) is 61.3 Å². The predicted molar refractivity (Wildman–Crippen MR) is 119 cm³/mol. The van der Waals surface area contributed by atoms with Gasteiger partial charge in [0, 0.05) is 45.2 Å². The number of piperazine rings is 1. The van der Waals surface area contributed by atoms with E-state index < -0.39 is 0 Å². The van der Waals surface area contributed by atoms with E-state index in [0.29, 0.717) is 24.2 Å². The minimum Gasteiger partial charge on any atom is -0.339 e. The number of hydrogen-bond acceptors (Lipinski definition) is 3. The number of aromatic amines is 1. The van der Waals surface area contributed by atoms with Gasteiger partial charge in [-0.15, -0.1) is 0 Å². The summed E-state index contributed by atoms with van der Waals surface area (Å²) in [5.41, 5.74) is 3.27. The molecule has 5 rings (SSSR count). The van der Waals surface area contributed by atoms with E-state index in [1.54, 1.807) is 6.07 Å². The van der Waals surface area contributed by atoms with Crippen molar-refractivity contribution in [2.45, 2.75) is 6.54 Å². The molecule has 6 nitrogen and oxygen atoms in total. The summed E-state index contributed by atoms with van der Waals surface area (Å²) in [7, 11) is 1.87. The molecule has 0 radical (unpaired) electrons. The molecule has 1 aliphatic rings. The lowest BCUT2D eigenvalue weighted by molar-refractivity contribution is 0.0619. The number of nitrogens with one attached hydrogen (secondary N) is 1. The molecule has 6 heteroatoms. The van der Waals surface area contributed by atoms with Gasteiger partial charge >= 0.3 is 0 Å². The van der Waals surface area contributed by atoms with Gasteiger partial charge in [0.2, 0.25) is 0 Å². The van der Waals surface area contributed by atoms with Crippen molar-refractivity contribution < 1.29 is 4.79 Å². The number of para-hydroxylation sites is 1. The number of hydrogen-bond donors (Lipinski definition) is 1. The number of fused-ring (bicyclic) bond motifs is 3. The van der Waals surface area contributed by atoms with Crippen molar-refractivity contribution in [2.24, 2.45) is 7.05 Å². The monoisotopic (exact) mass is 400 g/mol. The summed E-state index contributed by atoms with van der Waals surface area (Å²) >= 11 is 0. The highest BCUT2D eigenvalue weighted by Crippen LogP contribution is 2.25. The lowest BCUT2D eigenvalue weighted by Gasteiger charge is -2.34. The van der Waals surface area contributed by atoms with Gasteiger partial charge in [-0.2, -0.15) is 0 Å². The van der Waals surface area contributed by atoms with E-state index in [9.17, 15) is 9.59 Å². The SMILES string of the molecule is Cn1c(C(=O)N2CCN(Cc3ccccc3)CC2)cc2c(=O)[nH]c3ccccc3c21. The summed E-state index contributed by atoms with van der Waals surface area (Å²) in [6.07, 6.45) is 0. The van der Waals surface area contributed by atoms with Gasteiger partial charge in [0.25, 0.3) is 11.5 Å². The molecule has 2 aromatic heterocycles. The number of carbonyl (C=O) groups is 1. The Bertz CT molecular complexity index is 1280. The Labute approximate surface area is 174 Å². The molecular weight excluding hydrogens is 376 g/mol. The highest BCUT2D eigenvalue weighted by molar-refractivity contribution is 6.07. The summed E-state index contributed by atoms with van der Waals surface area (Å²) in [6, 6.07) is 19.8. The largest absolute Gasteiger partial charge is 0.339 e. The van der Waals surface area contributed by atoms with Gasteiger partial charge in [0.15, 0.2) is 0 Å². The molecule has 2 aromatic carbocycles.